The second-order valence-electron chi connectivity index (χ2n) is 14.8. The van der Waals surface area contributed by atoms with E-state index in [9.17, 15) is 14.9 Å². The number of carbonyl (C=O) groups excluding carboxylic acids is 2. The van der Waals surface area contributed by atoms with Crippen LogP contribution in [0.5, 0.6) is 6.01 Å². The third-order valence-electron chi connectivity index (χ3n) is 9.86. The number of piperazine rings is 1. The molecule has 2 saturated heterocycles. The number of nitrogens with zero attached hydrogens (tertiary/aromatic N) is 7. The first-order valence-electron chi connectivity index (χ1n) is 18.6. The highest BCUT2D eigenvalue weighted by atomic mass is 16.6. The van der Waals surface area contributed by atoms with Crippen molar-refractivity contribution in [2.75, 3.05) is 55.7 Å². The van der Waals surface area contributed by atoms with E-state index in [4.69, 9.17) is 28.9 Å². The molecule has 0 radical (unpaired) electrons. The number of carbonyl (C=O) groups is 2. The number of benzene rings is 3. The molecule has 282 valence electrons. The van der Waals surface area contributed by atoms with E-state index in [1.165, 1.54) is 10.8 Å². The fourth-order valence-electron chi connectivity index (χ4n) is 7.28. The molecule has 3 aromatic carbocycles. The van der Waals surface area contributed by atoms with Crippen molar-refractivity contribution in [3.63, 3.8) is 0 Å². The van der Waals surface area contributed by atoms with Crippen molar-refractivity contribution in [3.8, 4) is 12.1 Å². The van der Waals surface area contributed by atoms with E-state index in [-0.39, 0.29) is 25.6 Å². The Hall–Kier alpha value is -5.61. The minimum atomic E-state index is -0.672. The summed E-state index contributed by atoms with van der Waals surface area (Å²) in [4.78, 5) is 44.0. The molecule has 4 aromatic rings. The lowest BCUT2D eigenvalue weighted by Crippen LogP contribution is -2.55. The Morgan fingerprint density at radius 2 is 1.70 bits per heavy atom. The van der Waals surface area contributed by atoms with Crippen molar-refractivity contribution in [2.45, 2.75) is 71.1 Å². The normalized spacial score (nSPS) is 18.9. The lowest BCUT2D eigenvalue weighted by molar-refractivity contribution is -0.111. The van der Waals surface area contributed by atoms with Crippen molar-refractivity contribution in [3.05, 3.63) is 89.6 Å². The molecule has 0 N–H and O–H groups in total. The van der Waals surface area contributed by atoms with Crippen molar-refractivity contribution >= 4 is 34.5 Å². The minimum Gasteiger partial charge on any atom is -0.459 e. The summed E-state index contributed by atoms with van der Waals surface area (Å²) in [5, 5.41) is 12.1. The number of aromatic nitrogens is 2. The zero-order chi connectivity index (χ0) is 37.7. The lowest BCUT2D eigenvalue weighted by atomic mass is 10.0. The average molecular weight is 734 g/mol. The number of nitriles is 1. The molecule has 1 aromatic heterocycles. The number of hydrogen-bond acceptors (Lipinski definition) is 11. The zero-order valence-electron chi connectivity index (χ0n) is 31.1. The third kappa shape index (κ3) is 8.44. The first-order chi connectivity index (χ1) is 26.2. The number of fused-ring (bicyclic) bond motifs is 2. The van der Waals surface area contributed by atoms with Gasteiger partial charge in [-0.25, -0.2) is 9.59 Å². The van der Waals surface area contributed by atoms with Crippen molar-refractivity contribution in [1.29, 1.82) is 5.26 Å². The fraction of sp³-hybridized carbons (Fsp3) is 0.439. The molecule has 0 bridgehead atoms. The molecule has 3 aliphatic heterocycles. The molecule has 2 fully saturated rings. The summed E-state index contributed by atoms with van der Waals surface area (Å²) in [6.45, 7) is 9.17. The van der Waals surface area contributed by atoms with E-state index in [0.29, 0.717) is 52.2 Å². The maximum atomic E-state index is 13.3. The van der Waals surface area contributed by atoms with Crippen molar-refractivity contribution in [1.82, 2.24) is 19.8 Å². The van der Waals surface area contributed by atoms with Gasteiger partial charge in [0.1, 0.15) is 24.6 Å². The summed E-state index contributed by atoms with van der Waals surface area (Å²) in [6, 6.07) is 26.3. The highest BCUT2D eigenvalue weighted by molar-refractivity contribution is 5.94. The molecule has 54 heavy (non-hydrogen) atoms. The maximum absolute atomic E-state index is 13.3. The maximum Gasteiger partial charge on any atom is 0.412 e. The van der Waals surface area contributed by atoms with Gasteiger partial charge in [0.2, 0.25) is 0 Å². The van der Waals surface area contributed by atoms with E-state index in [1.807, 2.05) is 57.2 Å². The van der Waals surface area contributed by atoms with Crippen molar-refractivity contribution in [2.24, 2.45) is 0 Å². The molecular weight excluding hydrogens is 686 g/mol. The molecule has 13 nitrogen and oxygen atoms in total. The van der Waals surface area contributed by atoms with Gasteiger partial charge >= 0.3 is 18.2 Å². The number of hydrogen-bond donors (Lipinski definition) is 0. The van der Waals surface area contributed by atoms with Crippen LogP contribution in [0.4, 0.5) is 21.1 Å². The summed E-state index contributed by atoms with van der Waals surface area (Å²) >= 11 is 0. The summed E-state index contributed by atoms with van der Waals surface area (Å²) in [6.07, 6.45) is -0.0578. The molecule has 2 amide bonds. The largest absolute Gasteiger partial charge is 0.459 e. The zero-order valence-corrected chi connectivity index (χ0v) is 31.1. The molecule has 13 heteroatoms. The average Bonchev–Trinajstić information content (AvgIpc) is 3.18. The Labute approximate surface area is 316 Å². The van der Waals surface area contributed by atoms with Crippen molar-refractivity contribution < 1.29 is 28.5 Å². The van der Waals surface area contributed by atoms with Crippen LogP contribution in [0.15, 0.2) is 72.8 Å². The fourth-order valence-corrected chi connectivity index (χ4v) is 7.28. The molecule has 1 unspecified atom stereocenters. The van der Waals surface area contributed by atoms with E-state index >= 15 is 0 Å². The van der Waals surface area contributed by atoms with Gasteiger partial charge in [-0.2, -0.15) is 15.2 Å². The van der Waals surface area contributed by atoms with Crippen LogP contribution in [0, 0.1) is 11.3 Å². The van der Waals surface area contributed by atoms with Crippen LogP contribution in [0.2, 0.25) is 0 Å². The summed E-state index contributed by atoms with van der Waals surface area (Å²) in [5.41, 5.74) is 3.22. The van der Waals surface area contributed by atoms with Crippen LogP contribution in [0.25, 0.3) is 10.8 Å². The Kier molecular flexibility index (Phi) is 11.0. The van der Waals surface area contributed by atoms with Gasteiger partial charge in [0.25, 0.3) is 0 Å². The lowest BCUT2D eigenvalue weighted by Gasteiger charge is -2.42. The van der Waals surface area contributed by atoms with Gasteiger partial charge in [-0.15, -0.1) is 0 Å². The van der Waals surface area contributed by atoms with Gasteiger partial charge in [0.05, 0.1) is 37.4 Å². The standard InChI is InChI=1S/C41H47N7O6/c1-41(2,3)54-40(50)48-20-10-24-51-36(48)28-52-38-43-34-26-45(35-16-9-14-30-13-7-8-15-32(30)35)21-18-33(34)37(44-38)46-22-23-47(31(25-46)17-19-42)39(49)53-27-29-11-5-4-6-12-29/h4-9,11-16,31,36H,10,17-18,20-28H2,1-3H3/t31?,36-/m0/s1. The Balaban J connectivity index is 1.15. The Bertz CT molecular complexity index is 1990. The monoisotopic (exact) mass is 733 g/mol. The summed E-state index contributed by atoms with van der Waals surface area (Å²) < 4.78 is 23.6. The third-order valence-corrected chi connectivity index (χ3v) is 9.86. The summed E-state index contributed by atoms with van der Waals surface area (Å²) in [5.74, 6) is 0.723. The second-order valence-corrected chi connectivity index (χ2v) is 14.8. The highest BCUT2D eigenvalue weighted by Gasteiger charge is 2.36. The van der Waals surface area contributed by atoms with Gasteiger partial charge in [-0.3, -0.25) is 4.90 Å². The molecule has 2 atom stereocenters. The Morgan fingerprint density at radius 1 is 0.907 bits per heavy atom. The Morgan fingerprint density at radius 3 is 2.52 bits per heavy atom. The highest BCUT2D eigenvalue weighted by Crippen LogP contribution is 2.35. The van der Waals surface area contributed by atoms with Crippen LogP contribution in [-0.4, -0.2) is 95.8 Å². The SMILES string of the molecule is CC(C)(C)OC(=O)N1CCCO[C@H]1COc1nc2c(c(N3CCN(C(=O)OCc4ccccc4)C(CC#N)C3)n1)CCN(c1cccc3ccccc13)C2. The van der Waals surface area contributed by atoms with Crippen LogP contribution in [0.3, 0.4) is 0 Å². The van der Waals surface area contributed by atoms with Crippen LogP contribution in [-0.2, 0) is 33.8 Å². The topological polar surface area (TPSA) is 134 Å². The number of anilines is 2. The first-order valence-corrected chi connectivity index (χ1v) is 18.6. The first kappa shape index (κ1) is 36.7. The smallest absolute Gasteiger partial charge is 0.412 e. The number of rotatable bonds is 8. The van der Waals surface area contributed by atoms with Gasteiger partial charge in [0, 0.05) is 49.4 Å². The molecule has 3 aliphatic rings. The predicted molar refractivity (Wildman–Crippen MR) is 203 cm³/mol. The van der Waals surface area contributed by atoms with E-state index < -0.39 is 30.1 Å². The number of amides is 2. The van der Waals surface area contributed by atoms with Crippen LogP contribution in [0.1, 0.15) is 50.4 Å². The predicted octanol–water partition coefficient (Wildman–Crippen LogP) is 6.30. The van der Waals surface area contributed by atoms with Crippen LogP contribution < -0.4 is 14.5 Å². The van der Waals surface area contributed by atoms with E-state index in [0.717, 1.165) is 34.9 Å². The minimum absolute atomic E-state index is 0.0165. The van der Waals surface area contributed by atoms with E-state index in [1.54, 1.807) is 9.80 Å². The molecule has 0 saturated carbocycles. The quantitative estimate of drug-likeness (QED) is 0.202. The molecule has 0 aliphatic carbocycles. The van der Waals surface area contributed by atoms with Gasteiger partial charge in [-0.05, 0) is 50.6 Å². The van der Waals surface area contributed by atoms with Gasteiger partial charge < -0.3 is 33.6 Å². The van der Waals surface area contributed by atoms with E-state index in [2.05, 4.69) is 52.3 Å². The molecule has 4 heterocycles. The van der Waals surface area contributed by atoms with Crippen LogP contribution >= 0.6 is 0 Å². The molecular formula is C41H47N7O6. The number of ether oxygens (including phenoxy) is 4. The van der Waals surface area contributed by atoms with Gasteiger partial charge in [0.15, 0.2) is 6.23 Å². The molecule has 7 rings (SSSR count). The summed E-state index contributed by atoms with van der Waals surface area (Å²) in [7, 11) is 0. The molecule has 0 spiro atoms. The van der Waals surface area contributed by atoms with Gasteiger partial charge in [-0.1, -0.05) is 66.7 Å². The second kappa shape index (κ2) is 16.2.